The van der Waals surface area contributed by atoms with Crippen molar-refractivity contribution in [3.05, 3.63) is 42.0 Å². The predicted octanol–water partition coefficient (Wildman–Crippen LogP) is 2.24. The van der Waals surface area contributed by atoms with Gasteiger partial charge in [0.1, 0.15) is 12.2 Å². The Morgan fingerprint density at radius 1 is 1.20 bits per heavy atom. The minimum Gasteiger partial charge on any atom is -0.372 e. The molecule has 0 amide bonds. The van der Waals surface area contributed by atoms with Gasteiger partial charge in [0.15, 0.2) is 0 Å². The molecule has 2 unspecified atom stereocenters. The lowest BCUT2D eigenvalue weighted by Crippen LogP contribution is -2.46. The summed E-state index contributed by atoms with van der Waals surface area (Å²) < 4.78 is 7.98. The first kappa shape index (κ1) is 17.9. The fourth-order valence-electron chi connectivity index (χ4n) is 3.51. The van der Waals surface area contributed by atoms with Gasteiger partial charge in [-0.1, -0.05) is 25.1 Å². The van der Waals surface area contributed by atoms with Gasteiger partial charge in [-0.25, -0.2) is 0 Å². The van der Waals surface area contributed by atoms with Gasteiger partial charge in [0.05, 0.1) is 12.2 Å². The quantitative estimate of drug-likeness (QED) is 0.782. The highest BCUT2D eigenvalue weighted by atomic mass is 16.5. The third kappa shape index (κ3) is 4.58. The van der Waals surface area contributed by atoms with Crippen molar-refractivity contribution in [2.24, 2.45) is 0 Å². The molecule has 6 nitrogen and oxygen atoms in total. The fraction of sp³-hybridized carbons (Fsp3) is 0.579. The van der Waals surface area contributed by atoms with Crippen molar-refractivity contribution in [1.82, 2.24) is 20.1 Å². The molecule has 0 aliphatic carbocycles. The van der Waals surface area contributed by atoms with Crippen LogP contribution in [0.2, 0.25) is 0 Å². The summed E-state index contributed by atoms with van der Waals surface area (Å²) in [5.74, 6) is 1.04. The number of hydrogen-bond donors (Lipinski definition) is 1. The number of benzene rings is 1. The maximum absolute atomic E-state index is 5.87. The van der Waals surface area contributed by atoms with E-state index in [0.29, 0.717) is 0 Å². The van der Waals surface area contributed by atoms with E-state index in [1.165, 1.54) is 11.3 Å². The molecular weight excluding hydrogens is 314 g/mol. The molecule has 0 bridgehead atoms. The molecule has 0 saturated carbocycles. The lowest BCUT2D eigenvalue weighted by molar-refractivity contribution is -0.00526. The first-order valence-electron chi connectivity index (χ1n) is 9.23. The summed E-state index contributed by atoms with van der Waals surface area (Å²) in [5, 5.41) is 11.7. The zero-order valence-corrected chi connectivity index (χ0v) is 15.5. The minimum absolute atomic E-state index is 0.269. The Hall–Kier alpha value is -1.92. The molecule has 1 aromatic carbocycles. The van der Waals surface area contributed by atoms with Crippen LogP contribution in [0.3, 0.4) is 0 Å². The topological polar surface area (TPSA) is 55.2 Å². The largest absolute Gasteiger partial charge is 0.372 e. The van der Waals surface area contributed by atoms with E-state index < -0.39 is 0 Å². The van der Waals surface area contributed by atoms with E-state index in [0.717, 1.165) is 45.0 Å². The van der Waals surface area contributed by atoms with Crippen LogP contribution in [0.4, 0.5) is 5.69 Å². The summed E-state index contributed by atoms with van der Waals surface area (Å²) in [6.07, 6.45) is 3.26. The average molecular weight is 343 g/mol. The number of morpholine rings is 1. The molecular formula is C19H29N5O. The Labute approximate surface area is 150 Å². The monoisotopic (exact) mass is 343 g/mol. The van der Waals surface area contributed by atoms with Crippen LogP contribution in [-0.4, -0.2) is 46.6 Å². The first-order chi connectivity index (χ1) is 12.2. The molecule has 136 valence electrons. The van der Waals surface area contributed by atoms with Gasteiger partial charge >= 0.3 is 0 Å². The molecule has 1 aromatic heterocycles. The van der Waals surface area contributed by atoms with Crippen LogP contribution in [-0.2, 0) is 24.2 Å². The molecule has 1 saturated heterocycles. The van der Waals surface area contributed by atoms with E-state index >= 15 is 0 Å². The van der Waals surface area contributed by atoms with Gasteiger partial charge < -0.3 is 19.5 Å². The maximum atomic E-state index is 5.87. The highest BCUT2D eigenvalue weighted by Crippen LogP contribution is 2.24. The molecule has 3 rings (SSSR count). The highest BCUT2D eigenvalue weighted by molar-refractivity contribution is 5.54. The van der Waals surface area contributed by atoms with E-state index in [1.54, 1.807) is 0 Å². The van der Waals surface area contributed by atoms with Crippen molar-refractivity contribution >= 4 is 5.69 Å². The van der Waals surface area contributed by atoms with Crippen molar-refractivity contribution in [2.45, 2.75) is 52.5 Å². The summed E-state index contributed by atoms with van der Waals surface area (Å²) in [5.41, 5.74) is 2.65. The van der Waals surface area contributed by atoms with Gasteiger partial charge in [-0.3, -0.25) is 0 Å². The molecule has 1 fully saturated rings. The number of nitrogens with zero attached hydrogens (tertiary/aromatic N) is 4. The van der Waals surface area contributed by atoms with Crippen LogP contribution >= 0.6 is 0 Å². The van der Waals surface area contributed by atoms with Gasteiger partial charge in [-0.15, -0.1) is 10.2 Å². The lowest BCUT2D eigenvalue weighted by atomic mass is 10.1. The standard InChI is InChI=1S/C19H29N5O/c1-4-19-22-21-14-23(19)10-9-20-11-17-7-5-6-8-18(17)24-12-15(2)25-16(3)13-24/h5-8,14-16,20H,4,9-13H2,1-3H3. The predicted molar refractivity (Wildman–Crippen MR) is 99.8 cm³/mol. The molecule has 1 aliphatic heterocycles. The van der Waals surface area contributed by atoms with E-state index in [2.05, 4.69) is 70.0 Å². The second-order valence-corrected chi connectivity index (χ2v) is 6.76. The Morgan fingerprint density at radius 2 is 1.96 bits per heavy atom. The molecule has 2 atom stereocenters. The number of ether oxygens (including phenoxy) is 1. The molecule has 1 N–H and O–H groups in total. The minimum atomic E-state index is 0.269. The van der Waals surface area contributed by atoms with Crippen LogP contribution in [0.5, 0.6) is 0 Å². The summed E-state index contributed by atoms with van der Waals surface area (Å²) in [6, 6.07) is 8.66. The van der Waals surface area contributed by atoms with Crippen LogP contribution in [0.1, 0.15) is 32.2 Å². The fourth-order valence-corrected chi connectivity index (χ4v) is 3.51. The van der Waals surface area contributed by atoms with Gasteiger partial charge in [-0.05, 0) is 25.5 Å². The Bertz CT molecular complexity index is 661. The molecule has 0 radical (unpaired) electrons. The Morgan fingerprint density at radius 3 is 2.72 bits per heavy atom. The summed E-state index contributed by atoms with van der Waals surface area (Å²) >= 11 is 0. The van der Waals surface area contributed by atoms with Gasteiger partial charge in [0, 0.05) is 44.8 Å². The summed E-state index contributed by atoms with van der Waals surface area (Å²) in [6.45, 7) is 10.9. The number of para-hydroxylation sites is 1. The Kier molecular flexibility index (Phi) is 6.04. The van der Waals surface area contributed by atoms with Crippen molar-refractivity contribution in [3.8, 4) is 0 Å². The molecule has 0 spiro atoms. The Balaban J connectivity index is 1.58. The van der Waals surface area contributed by atoms with E-state index in [4.69, 9.17) is 4.74 Å². The van der Waals surface area contributed by atoms with Crippen LogP contribution in [0, 0.1) is 0 Å². The van der Waals surface area contributed by atoms with Crippen LogP contribution in [0.25, 0.3) is 0 Å². The highest BCUT2D eigenvalue weighted by Gasteiger charge is 2.23. The molecule has 1 aliphatic rings. The number of nitrogens with one attached hydrogen (secondary N) is 1. The van der Waals surface area contributed by atoms with Crippen molar-refractivity contribution in [3.63, 3.8) is 0 Å². The van der Waals surface area contributed by atoms with Crippen LogP contribution in [0.15, 0.2) is 30.6 Å². The summed E-state index contributed by atoms with van der Waals surface area (Å²) in [4.78, 5) is 2.45. The third-order valence-corrected chi connectivity index (χ3v) is 4.61. The number of aryl methyl sites for hydroxylation is 1. The van der Waals surface area contributed by atoms with Crippen molar-refractivity contribution in [1.29, 1.82) is 0 Å². The molecule has 2 aromatic rings. The normalized spacial score (nSPS) is 20.8. The van der Waals surface area contributed by atoms with E-state index in [1.807, 2.05) is 6.33 Å². The van der Waals surface area contributed by atoms with E-state index in [-0.39, 0.29) is 12.2 Å². The number of aromatic nitrogens is 3. The number of rotatable bonds is 7. The second-order valence-electron chi connectivity index (χ2n) is 6.76. The first-order valence-corrected chi connectivity index (χ1v) is 9.23. The van der Waals surface area contributed by atoms with Gasteiger partial charge in [0.2, 0.25) is 0 Å². The van der Waals surface area contributed by atoms with Crippen molar-refractivity contribution < 1.29 is 4.74 Å². The van der Waals surface area contributed by atoms with Crippen molar-refractivity contribution in [2.75, 3.05) is 24.5 Å². The maximum Gasteiger partial charge on any atom is 0.132 e. The molecule has 6 heteroatoms. The van der Waals surface area contributed by atoms with Gasteiger partial charge in [0.25, 0.3) is 0 Å². The van der Waals surface area contributed by atoms with Gasteiger partial charge in [-0.2, -0.15) is 0 Å². The summed E-state index contributed by atoms with van der Waals surface area (Å²) in [7, 11) is 0. The number of anilines is 1. The molecule has 25 heavy (non-hydrogen) atoms. The third-order valence-electron chi connectivity index (χ3n) is 4.61. The van der Waals surface area contributed by atoms with Crippen LogP contribution < -0.4 is 10.2 Å². The average Bonchev–Trinajstić information content (AvgIpc) is 3.06. The second kappa shape index (κ2) is 8.45. The lowest BCUT2D eigenvalue weighted by Gasteiger charge is -2.37. The smallest absolute Gasteiger partial charge is 0.132 e. The number of hydrogen-bond acceptors (Lipinski definition) is 5. The zero-order valence-electron chi connectivity index (χ0n) is 15.5. The SMILES string of the molecule is CCc1nncn1CCNCc1ccccc1N1CC(C)OC(C)C1. The van der Waals surface area contributed by atoms with E-state index in [9.17, 15) is 0 Å². The molecule has 2 heterocycles. The zero-order chi connectivity index (χ0) is 17.6.